The third kappa shape index (κ3) is 8.07. The van der Waals surface area contributed by atoms with Crippen molar-refractivity contribution < 1.29 is 52.3 Å². The van der Waals surface area contributed by atoms with Gasteiger partial charge in [-0.3, -0.25) is 23.5 Å². The van der Waals surface area contributed by atoms with E-state index in [2.05, 4.69) is 22.1 Å². The summed E-state index contributed by atoms with van der Waals surface area (Å²) in [5, 5.41) is 28.7. The molecule has 39 heavy (non-hydrogen) atoms. The number of halogens is 1. The summed E-state index contributed by atoms with van der Waals surface area (Å²) in [4.78, 5) is 37.3. The molecule has 0 bridgehead atoms. The third-order valence-corrected chi connectivity index (χ3v) is 7.52. The maximum absolute atomic E-state index is 16.0. The molecule has 0 aromatic carbocycles. The normalized spacial score (nSPS) is 30.2. The highest BCUT2D eigenvalue weighted by molar-refractivity contribution is 7.54. The summed E-state index contributed by atoms with van der Waals surface area (Å²) in [5.41, 5.74) is -2.28. The fraction of sp³-hybridized carbons (Fsp3) is 0.696. The van der Waals surface area contributed by atoms with Gasteiger partial charge in [-0.25, -0.2) is 14.6 Å². The Morgan fingerprint density at radius 2 is 1.67 bits per heavy atom. The SMILES string of the molecule is C=C1NC(=O)C=CN1[C@@H]1O[C@](F)(COP(=O)(NC(C)C(=O)OC(C)C)NC(C)C(=O)OC(C)C)[C@@H](O)[C@@]1(C)O. The highest BCUT2D eigenvalue weighted by Gasteiger charge is 2.64. The van der Waals surface area contributed by atoms with Gasteiger partial charge in [0.1, 0.15) is 36.2 Å². The molecule has 0 radical (unpaired) electrons. The molecule has 0 aliphatic carbocycles. The van der Waals surface area contributed by atoms with Crippen molar-refractivity contribution in [1.29, 1.82) is 0 Å². The van der Waals surface area contributed by atoms with Crippen LogP contribution >= 0.6 is 7.67 Å². The number of rotatable bonds is 12. The predicted molar refractivity (Wildman–Crippen MR) is 135 cm³/mol. The van der Waals surface area contributed by atoms with Crippen LogP contribution in [0.25, 0.3) is 0 Å². The average molecular weight is 581 g/mol. The van der Waals surface area contributed by atoms with E-state index < -0.39 is 80.2 Å². The van der Waals surface area contributed by atoms with Crippen molar-refractivity contribution in [3.8, 4) is 0 Å². The van der Waals surface area contributed by atoms with Crippen molar-refractivity contribution in [2.24, 2.45) is 0 Å². The average Bonchev–Trinajstić information content (AvgIpc) is 2.97. The Kier molecular flexibility index (Phi) is 10.4. The molecule has 2 rings (SSSR count). The topological polar surface area (TPSA) is 185 Å². The lowest BCUT2D eigenvalue weighted by molar-refractivity contribution is -0.206. The van der Waals surface area contributed by atoms with Gasteiger partial charge in [-0.2, -0.15) is 0 Å². The van der Waals surface area contributed by atoms with Crippen LogP contribution in [0.4, 0.5) is 4.39 Å². The fourth-order valence-electron chi connectivity index (χ4n) is 3.67. The molecule has 5 N–H and O–H groups in total. The first-order valence-corrected chi connectivity index (χ1v) is 13.9. The minimum atomic E-state index is -4.48. The van der Waals surface area contributed by atoms with Crippen LogP contribution in [0, 0.1) is 0 Å². The zero-order chi connectivity index (χ0) is 29.9. The highest BCUT2D eigenvalue weighted by atomic mass is 31.2. The Labute approximate surface area is 226 Å². The van der Waals surface area contributed by atoms with Crippen molar-refractivity contribution in [3.05, 3.63) is 24.7 Å². The Morgan fingerprint density at radius 1 is 1.18 bits per heavy atom. The standard InChI is InChI=1S/C23H38FN4O10P/c1-12(2)36-18(30)14(5)26-39(34,27-15(6)19(31)37-13(3)4)35-11-23(24)20(32)22(8,33)21(38-23)28-10-9-17(29)25-16(28)7/h9-10,12-15,20-21,32-33H,7,11H2,1-6,8H3,(H,25,29)(H2,26,27,34)/t14?,15?,20-,21+,22+,23+,39?/m0/s1. The number of esters is 2. The van der Waals surface area contributed by atoms with Crippen molar-refractivity contribution in [2.45, 2.75) is 96.5 Å². The van der Waals surface area contributed by atoms with Gasteiger partial charge in [0.25, 0.3) is 11.8 Å². The molecule has 16 heteroatoms. The van der Waals surface area contributed by atoms with Gasteiger partial charge in [0, 0.05) is 12.3 Å². The second kappa shape index (κ2) is 12.4. The van der Waals surface area contributed by atoms with Crippen LogP contribution in [-0.2, 0) is 37.7 Å². The summed E-state index contributed by atoms with van der Waals surface area (Å²) in [5.74, 6) is -5.33. The molecule has 6 atom stereocenters. The van der Waals surface area contributed by atoms with E-state index in [1.54, 1.807) is 27.7 Å². The second-order valence-electron chi connectivity index (χ2n) is 10.0. The van der Waals surface area contributed by atoms with Crippen molar-refractivity contribution >= 4 is 25.5 Å². The molecular weight excluding hydrogens is 542 g/mol. The number of hydrogen-bond donors (Lipinski definition) is 5. The van der Waals surface area contributed by atoms with Gasteiger partial charge in [0.15, 0.2) is 6.23 Å². The molecule has 1 fully saturated rings. The fourth-order valence-corrected chi connectivity index (χ4v) is 5.48. The summed E-state index contributed by atoms with van der Waals surface area (Å²) in [6.07, 6.45) is -2.56. The van der Waals surface area contributed by atoms with E-state index in [-0.39, 0.29) is 5.82 Å². The van der Waals surface area contributed by atoms with Gasteiger partial charge >= 0.3 is 19.6 Å². The summed E-state index contributed by atoms with van der Waals surface area (Å²) in [7, 11) is -4.48. The Balaban J connectivity index is 2.29. The van der Waals surface area contributed by atoms with Crippen molar-refractivity contribution in [3.63, 3.8) is 0 Å². The maximum atomic E-state index is 16.0. The Bertz CT molecular complexity index is 1000. The van der Waals surface area contributed by atoms with E-state index in [1.807, 2.05) is 0 Å². The number of hydrogen-bond acceptors (Lipinski definition) is 11. The summed E-state index contributed by atoms with van der Waals surface area (Å²) in [6.45, 7) is 12.5. The van der Waals surface area contributed by atoms with Crippen molar-refractivity contribution in [2.75, 3.05) is 6.61 Å². The Morgan fingerprint density at radius 3 is 2.10 bits per heavy atom. The minimum absolute atomic E-state index is 0.0610. The van der Waals surface area contributed by atoms with Crippen LogP contribution in [0.1, 0.15) is 48.5 Å². The van der Waals surface area contributed by atoms with Gasteiger partial charge < -0.3 is 34.6 Å². The number of aliphatic hydroxyl groups excluding tert-OH is 1. The minimum Gasteiger partial charge on any atom is -0.462 e. The number of alkyl halides is 1. The van der Waals surface area contributed by atoms with E-state index in [0.717, 1.165) is 17.9 Å². The van der Waals surface area contributed by atoms with Crippen LogP contribution in [0.3, 0.4) is 0 Å². The lowest BCUT2D eigenvalue weighted by Crippen LogP contribution is -2.54. The number of ether oxygens (including phenoxy) is 3. The number of carbonyl (C=O) groups is 3. The van der Waals surface area contributed by atoms with Crippen LogP contribution in [0.15, 0.2) is 24.7 Å². The van der Waals surface area contributed by atoms with Gasteiger partial charge in [0.05, 0.1) is 12.2 Å². The Hall–Kier alpha value is -2.39. The monoisotopic (exact) mass is 580 g/mol. The van der Waals surface area contributed by atoms with Crippen LogP contribution in [-0.4, -0.2) is 87.6 Å². The number of nitrogens with zero attached hydrogens (tertiary/aromatic N) is 1. The molecule has 0 spiro atoms. The molecule has 14 nitrogen and oxygen atoms in total. The van der Waals surface area contributed by atoms with E-state index in [9.17, 15) is 29.2 Å². The zero-order valence-corrected chi connectivity index (χ0v) is 23.9. The molecule has 222 valence electrons. The molecular formula is C23H38FN4O10P. The molecule has 0 aromatic heterocycles. The smallest absolute Gasteiger partial charge is 0.342 e. The molecule has 2 aliphatic rings. The molecule has 2 unspecified atom stereocenters. The van der Waals surface area contributed by atoms with E-state index in [1.165, 1.54) is 20.0 Å². The molecule has 2 heterocycles. The summed E-state index contributed by atoms with van der Waals surface area (Å²) in [6, 6.07) is -2.49. The summed E-state index contributed by atoms with van der Waals surface area (Å²) < 4.78 is 50.6. The largest absolute Gasteiger partial charge is 0.462 e. The van der Waals surface area contributed by atoms with Crippen LogP contribution in [0.5, 0.6) is 0 Å². The third-order valence-electron chi connectivity index (χ3n) is 5.57. The van der Waals surface area contributed by atoms with Gasteiger partial charge in [-0.05, 0) is 48.5 Å². The highest BCUT2D eigenvalue weighted by Crippen LogP contribution is 2.46. The van der Waals surface area contributed by atoms with Crippen LogP contribution in [0.2, 0.25) is 0 Å². The van der Waals surface area contributed by atoms with Crippen LogP contribution < -0.4 is 15.5 Å². The first-order chi connectivity index (χ1) is 17.8. The molecule has 0 aromatic rings. The molecule has 0 saturated carbocycles. The number of amides is 1. The quantitative estimate of drug-likeness (QED) is 0.159. The van der Waals surface area contributed by atoms with Crippen molar-refractivity contribution in [1.82, 2.24) is 20.4 Å². The van der Waals surface area contributed by atoms with E-state index >= 15 is 4.39 Å². The number of nitrogens with one attached hydrogen (secondary N) is 3. The van der Waals surface area contributed by atoms with E-state index in [0.29, 0.717) is 0 Å². The summed E-state index contributed by atoms with van der Waals surface area (Å²) >= 11 is 0. The number of aliphatic hydroxyl groups is 2. The zero-order valence-electron chi connectivity index (χ0n) is 23.0. The number of carbonyl (C=O) groups excluding carboxylic acids is 3. The molecule has 1 amide bonds. The predicted octanol–water partition coefficient (Wildman–Crippen LogP) is 0.521. The van der Waals surface area contributed by atoms with Gasteiger partial charge in [-0.15, -0.1) is 0 Å². The maximum Gasteiger partial charge on any atom is 0.342 e. The molecule has 1 saturated heterocycles. The lowest BCUT2D eigenvalue weighted by Gasteiger charge is -2.36. The lowest BCUT2D eigenvalue weighted by atomic mass is 9.95. The van der Waals surface area contributed by atoms with E-state index in [4.69, 9.17) is 18.7 Å². The molecule has 2 aliphatic heterocycles. The first kappa shape index (κ1) is 32.8. The van der Waals surface area contributed by atoms with Gasteiger partial charge in [0.2, 0.25) is 0 Å². The second-order valence-corrected chi connectivity index (χ2v) is 11.9. The van der Waals surface area contributed by atoms with Gasteiger partial charge in [-0.1, -0.05) is 6.58 Å². The first-order valence-electron chi connectivity index (χ1n) is 12.3.